The van der Waals surface area contributed by atoms with Gasteiger partial charge in [-0.3, -0.25) is 4.79 Å². The summed E-state index contributed by atoms with van der Waals surface area (Å²) in [5.74, 6) is -1.19. The predicted octanol–water partition coefficient (Wildman–Crippen LogP) is 3.51. The molecule has 0 spiro atoms. The molecule has 0 aliphatic heterocycles. The molecule has 7 heteroatoms. The SMILES string of the molecule is CC1(C)CCC2(C(=O)O)CCC3(C)C(=CCC4C5(C)CC(O)C(O)C(C)(CO)C5C(O)CC43C)C2(C)C1O. The molecule has 0 amide bonds. The molecule has 12 atom stereocenters. The fraction of sp³-hybridized carbons (Fsp3) is 0.903. The van der Waals surface area contributed by atoms with Crippen molar-refractivity contribution in [1.29, 1.82) is 0 Å². The minimum absolute atomic E-state index is 0.0415. The van der Waals surface area contributed by atoms with Crippen molar-refractivity contribution in [3.05, 3.63) is 11.6 Å². The van der Waals surface area contributed by atoms with Crippen LogP contribution in [0.4, 0.5) is 0 Å². The number of fused-ring (bicyclic) bond motifs is 7. The minimum Gasteiger partial charge on any atom is -0.481 e. The number of allylic oxidation sites excluding steroid dienone is 1. The Hall–Kier alpha value is -0.990. The lowest BCUT2D eigenvalue weighted by Gasteiger charge is -2.74. The van der Waals surface area contributed by atoms with Gasteiger partial charge >= 0.3 is 5.97 Å². The highest BCUT2D eigenvalue weighted by Gasteiger charge is 2.76. The van der Waals surface area contributed by atoms with Gasteiger partial charge in [0, 0.05) is 16.7 Å². The van der Waals surface area contributed by atoms with E-state index in [1.165, 1.54) is 0 Å². The van der Waals surface area contributed by atoms with Crippen molar-refractivity contribution in [2.75, 3.05) is 6.61 Å². The molecule has 7 nitrogen and oxygen atoms in total. The van der Waals surface area contributed by atoms with Gasteiger partial charge in [-0.1, -0.05) is 60.1 Å². The summed E-state index contributed by atoms with van der Waals surface area (Å²) < 4.78 is 0. The number of hydrogen-bond acceptors (Lipinski definition) is 6. The average molecular weight is 535 g/mol. The second kappa shape index (κ2) is 8.06. The second-order valence-electron chi connectivity index (χ2n) is 15.8. The van der Waals surface area contributed by atoms with Gasteiger partial charge in [-0.15, -0.1) is 0 Å². The van der Waals surface area contributed by atoms with Crippen LogP contribution in [0, 0.1) is 49.7 Å². The monoisotopic (exact) mass is 534 g/mol. The molecular weight excluding hydrogens is 484 g/mol. The Morgan fingerprint density at radius 2 is 1.50 bits per heavy atom. The van der Waals surface area contributed by atoms with Crippen LogP contribution >= 0.6 is 0 Å². The summed E-state index contributed by atoms with van der Waals surface area (Å²) in [5, 5.41) is 66.9. The van der Waals surface area contributed by atoms with Crippen molar-refractivity contribution < 1.29 is 35.4 Å². The van der Waals surface area contributed by atoms with Crippen molar-refractivity contribution in [2.45, 2.75) is 118 Å². The van der Waals surface area contributed by atoms with Crippen LogP contribution in [0.25, 0.3) is 0 Å². The van der Waals surface area contributed by atoms with E-state index < -0.39 is 74.2 Å². The predicted molar refractivity (Wildman–Crippen MR) is 143 cm³/mol. The zero-order valence-electron chi connectivity index (χ0n) is 24.3. The Kier molecular flexibility index (Phi) is 6.05. The molecular formula is C31H50O7. The molecule has 0 aromatic heterocycles. The summed E-state index contributed by atoms with van der Waals surface area (Å²) in [4.78, 5) is 13.0. The number of carboxylic acids is 1. The largest absolute Gasteiger partial charge is 0.481 e. The average Bonchev–Trinajstić information content (AvgIpc) is 2.81. The Morgan fingerprint density at radius 3 is 2.08 bits per heavy atom. The molecule has 5 rings (SSSR count). The van der Waals surface area contributed by atoms with E-state index in [1.807, 2.05) is 20.8 Å². The van der Waals surface area contributed by atoms with E-state index in [-0.39, 0.29) is 12.5 Å². The summed E-state index contributed by atoms with van der Waals surface area (Å²) in [7, 11) is 0. The van der Waals surface area contributed by atoms with Crippen LogP contribution in [0.3, 0.4) is 0 Å². The quantitative estimate of drug-likeness (QED) is 0.298. The number of aliphatic hydroxyl groups is 5. The molecule has 4 fully saturated rings. The summed E-state index contributed by atoms with van der Waals surface area (Å²) in [6.07, 6.45) is 2.17. The molecule has 5 aliphatic carbocycles. The van der Waals surface area contributed by atoms with Gasteiger partial charge in [0.2, 0.25) is 0 Å². The summed E-state index contributed by atoms with van der Waals surface area (Å²) in [6, 6.07) is 0. The third-order valence-corrected chi connectivity index (χ3v) is 13.9. The van der Waals surface area contributed by atoms with Gasteiger partial charge in [-0.25, -0.2) is 0 Å². The highest BCUT2D eigenvalue weighted by atomic mass is 16.4. The lowest BCUT2D eigenvalue weighted by atomic mass is 9.30. The fourth-order valence-corrected chi connectivity index (χ4v) is 11.7. The van der Waals surface area contributed by atoms with Gasteiger partial charge in [-0.05, 0) is 72.5 Å². The molecule has 0 aromatic carbocycles. The van der Waals surface area contributed by atoms with E-state index in [9.17, 15) is 35.4 Å². The van der Waals surface area contributed by atoms with E-state index in [4.69, 9.17) is 0 Å². The van der Waals surface area contributed by atoms with Crippen LogP contribution in [0.15, 0.2) is 11.6 Å². The standard InChI is InChI=1S/C31H50O7/c1-25(2)10-12-31(24(37)38)13-11-28(5)20(30(31,7)23(25)36)9-8-19-26(3)14-18(34)22(35)27(4,16-32)21(26)17(33)15-29(19,28)6/h9,17-19,21-23,32-36H,8,10-16H2,1-7H3,(H,37,38). The van der Waals surface area contributed by atoms with Crippen LogP contribution in [0.5, 0.6) is 0 Å². The topological polar surface area (TPSA) is 138 Å². The first-order valence-corrected chi connectivity index (χ1v) is 14.6. The Morgan fingerprint density at radius 1 is 0.895 bits per heavy atom. The second-order valence-corrected chi connectivity index (χ2v) is 15.8. The van der Waals surface area contributed by atoms with Crippen molar-refractivity contribution >= 4 is 5.97 Å². The molecule has 0 radical (unpaired) electrons. The van der Waals surface area contributed by atoms with Gasteiger partial charge < -0.3 is 30.6 Å². The van der Waals surface area contributed by atoms with E-state index >= 15 is 0 Å². The summed E-state index contributed by atoms with van der Waals surface area (Å²) in [5.41, 5.74) is -3.91. The zero-order chi connectivity index (χ0) is 28.5. The maximum absolute atomic E-state index is 13.0. The Labute approximate surface area is 227 Å². The molecule has 5 aliphatic rings. The van der Waals surface area contributed by atoms with Crippen LogP contribution in [-0.2, 0) is 4.79 Å². The third-order valence-electron chi connectivity index (χ3n) is 13.9. The molecule has 38 heavy (non-hydrogen) atoms. The maximum atomic E-state index is 13.0. The molecule has 0 saturated heterocycles. The fourth-order valence-electron chi connectivity index (χ4n) is 11.7. The van der Waals surface area contributed by atoms with Crippen molar-refractivity contribution in [2.24, 2.45) is 49.7 Å². The highest BCUT2D eigenvalue weighted by molar-refractivity contribution is 5.78. The summed E-state index contributed by atoms with van der Waals surface area (Å²) in [6.45, 7) is 14.1. The first-order chi connectivity index (χ1) is 17.3. The van der Waals surface area contributed by atoms with Crippen LogP contribution in [-0.4, -0.2) is 67.6 Å². The smallest absolute Gasteiger partial charge is 0.310 e. The van der Waals surface area contributed by atoms with Crippen molar-refractivity contribution in [3.8, 4) is 0 Å². The van der Waals surface area contributed by atoms with Gasteiger partial charge in [0.05, 0.1) is 36.4 Å². The van der Waals surface area contributed by atoms with Gasteiger partial charge in [0.1, 0.15) is 0 Å². The third kappa shape index (κ3) is 2.96. The van der Waals surface area contributed by atoms with Gasteiger partial charge in [-0.2, -0.15) is 0 Å². The molecule has 6 N–H and O–H groups in total. The molecule has 0 heterocycles. The number of hydrogen-bond donors (Lipinski definition) is 6. The normalized spacial score (nSPS) is 57.5. The maximum Gasteiger partial charge on any atom is 0.310 e. The molecule has 216 valence electrons. The highest BCUT2D eigenvalue weighted by Crippen LogP contribution is 2.78. The Balaban J connectivity index is 1.70. The van der Waals surface area contributed by atoms with Gasteiger partial charge in [0.15, 0.2) is 0 Å². The molecule has 4 saturated carbocycles. The summed E-state index contributed by atoms with van der Waals surface area (Å²) >= 11 is 0. The van der Waals surface area contributed by atoms with E-state index in [0.717, 1.165) is 5.57 Å². The number of rotatable bonds is 2. The van der Waals surface area contributed by atoms with Crippen LogP contribution in [0.1, 0.15) is 93.4 Å². The zero-order valence-corrected chi connectivity index (χ0v) is 24.3. The molecule has 12 unspecified atom stereocenters. The first-order valence-electron chi connectivity index (χ1n) is 14.6. The van der Waals surface area contributed by atoms with E-state index in [0.29, 0.717) is 44.9 Å². The van der Waals surface area contributed by atoms with Crippen molar-refractivity contribution in [3.63, 3.8) is 0 Å². The molecule has 0 bridgehead atoms. The van der Waals surface area contributed by atoms with Crippen molar-refractivity contribution in [1.82, 2.24) is 0 Å². The van der Waals surface area contributed by atoms with E-state index in [2.05, 4.69) is 26.8 Å². The first kappa shape index (κ1) is 28.5. The number of carboxylic acid groups (broad SMARTS) is 1. The van der Waals surface area contributed by atoms with Crippen LogP contribution in [0.2, 0.25) is 0 Å². The number of aliphatic hydroxyl groups excluding tert-OH is 5. The number of carbonyl (C=O) groups is 1. The van der Waals surface area contributed by atoms with Crippen LogP contribution < -0.4 is 0 Å². The minimum atomic E-state index is -1.13. The Bertz CT molecular complexity index is 1050. The lowest BCUT2D eigenvalue weighted by Crippen LogP contribution is -2.73. The number of aliphatic carboxylic acids is 1. The van der Waals surface area contributed by atoms with Gasteiger partial charge in [0.25, 0.3) is 0 Å². The molecule has 0 aromatic rings. The van der Waals surface area contributed by atoms with E-state index in [1.54, 1.807) is 6.92 Å². The lowest BCUT2D eigenvalue weighted by molar-refractivity contribution is -0.278.